The van der Waals surface area contributed by atoms with Crippen molar-refractivity contribution >= 4 is 32.7 Å². The number of aliphatic hydroxyl groups excluding tert-OH is 1. The minimum Gasteiger partial charge on any atom is -0.444 e. The molecule has 0 bridgehead atoms. The number of piperidine rings is 1. The number of furan rings is 1. The highest BCUT2D eigenvalue weighted by Gasteiger charge is 2.32. The molecule has 0 spiro atoms. The maximum atomic E-state index is 10.0. The molecular weight excluding hydrogens is 408 g/mol. The summed E-state index contributed by atoms with van der Waals surface area (Å²) in [5, 5.41) is 23.5. The van der Waals surface area contributed by atoms with Crippen molar-refractivity contribution < 1.29 is 9.52 Å². The fraction of sp³-hybridized carbons (Fsp3) is 0.600. The molecule has 4 rings (SSSR count). The fourth-order valence-corrected chi connectivity index (χ4v) is 5.03. The van der Waals surface area contributed by atoms with Crippen LogP contribution in [0, 0.1) is 11.3 Å². The van der Waals surface area contributed by atoms with E-state index in [1.807, 2.05) is 6.07 Å². The monoisotopic (exact) mass is 432 g/mol. The van der Waals surface area contributed by atoms with Crippen molar-refractivity contribution in [2.24, 2.45) is 0 Å². The lowest BCUT2D eigenvalue weighted by Crippen LogP contribution is -2.51. The molecule has 1 aliphatic heterocycles. The number of nitrogens with one attached hydrogen (secondary N) is 1. The molecule has 1 saturated carbocycles. The third-order valence-electron chi connectivity index (χ3n) is 6.04. The number of likely N-dealkylation sites (tertiary alicyclic amines) is 1. The first kappa shape index (κ1) is 18.7. The van der Waals surface area contributed by atoms with Gasteiger partial charge in [-0.15, -0.1) is 0 Å². The van der Waals surface area contributed by atoms with E-state index < -0.39 is 0 Å². The Morgan fingerprint density at radius 3 is 2.81 bits per heavy atom. The van der Waals surface area contributed by atoms with E-state index in [4.69, 9.17) is 9.68 Å². The van der Waals surface area contributed by atoms with Crippen LogP contribution in [0.4, 0.5) is 5.82 Å². The van der Waals surface area contributed by atoms with Gasteiger partial charge in [0.1, 0.15) is 11.9 Å². The van der Waals surface area contributed by atoms with Gasteiger partial charge in [0.25, 0.3) is 0 Å². The molecule has 2 aliphatic rings. The van der Waals surface area contributed by atoms with Gasteiger partial charge in [-0.25, -0.2) is 4.98 Å². The normalized spacial score (nSPS) is 29.6. The number of anilines is 1. The van der Waals surface area contributed by atoms with Gasteiger partial charge < -0.3 is 14.8 Å². The van der Waals surface area contributed by atoms with Crippen molar-refractivity contribution in [1.29, 1.82) is 5.26 Å². The molecule has 7 heteroatoms. The van der Waals surface area contributed by atoms with Crippen LogP contribution in [0.25, 0.3) is 11.0 Å². The van der Waals surface area contributed by atoms with Gasteiger partial charge in [-0.3, -0.25) is 4.90 Å². The molecule has 6 nitrogen and oxygen atoms in total. The Bertz CT molecular complexity index is 854. The highest BCUT2D eigenvalue weighted by Crippen LogP contribution is 2.34. The Morgan fingerprint density at radius 1 is 1.30 bits per heavy atom. The first-order valence-corrected chi connectivity index (χ1v) is 10.5. The van der Waals surface area contributed by atoms with Crippen LogP contribution in [0.3, 0.4) is 0 Å². The van der Waals surface area contributed by atoms with Gasteiger partial charge in [0.2, 0.25) is 5.76 Å². The van der Waals surface area contributed by atoms with E-state index >= 15 is 0 Å². The van der Waals surface area contributed by atoms with E-state index in [2.05, 4.69) is 38.1 Å². The number of hydrogen-bond donors (Lipinski definition) is 2. The molecule has 0 radical (unpaired) electrons. The maximum Gasteiger partial charge on any atom is 0.204 e. The second-order valence-corrected chi connectivity index (χ2v) is 8.64. The summed E-state index contributed by atoms with van der Waals surface area (Å²) in [6, 6.07) is 5.29. The van der Waals surface area contributed by atoms with Crippen molar-refractivity contribution in [3.05, 3.63) is 22.5 Å². The number of β-amino-alcohol motifs (C(OH)–C–C–N with tert-alkyl or cyclic N) is 1. The number of fused-ring (bicyclic) bond motifs is 1. The smallest absolute Gasteiger partial charge is 0.204 e. The quantitative estimate of drug-likeness (QED) is 0.761. The third-order valence-corrected chi connectivity index (χ3v) is 6.84. The van der Waals surface area contributed by atoms with Crippen molar-refractivity contribution in [3.63, 3.8) is 0 Å². The fourth-order valence-electron chi connectivity index (χ4n) is 4.50. The van der Waals surface area contributed by atoms with Gasteiger partial charge in [-0.1, -0.05) is 0 Å². The molecule has 2 atom stereocenters. The van der Waals surface area contributed by atoms with Crippen LogP contribution in [-0.2, 0) is 0 Å². The van der Waals surface area contributed by atoms with Crippen LogP contribution in [0.15, 0.2) is 21.2 Å². The Balaban J connectivity index is 1.40. The number of aromatic nitrogens is 1. The summed E-state index contributed by atoms with van der Waals surface area (Å²) >= 11 is 3.61. The summed E-state index contributed by atoms with van der Waals surface area (Å²) in [6.07, 6.45) is 7.97. The van der Waals surface area contributed by atoms with E-state index in [9.17, 15) is 5.11 Å². The SMILES string of the molecule is CC1CCC(O)CN1C1CCC(Nc2ncc3oc(C#N)cc3c2Br)CC1. The van der Waals surface area contributed by atoms with Crippen LogP contribution < -0.4 is 5.32 Å². The second-order valence-electron chi connectivity index (χ2n) is 7.85. The van der Waals surface area contributed by atoms with Crippen LogP contribution in [0.1, 0.15) is 51.2 Å². The number of rotatable bonds is 3. The molecule has 2 unspecified atom stereocenters. The average molecular weight is 433 g/mol. The summed E-state index contributed by atoms with van der Waals surface area (Å²) < 4.78 is 6.28. The van der Waals surface area contributed by atoms with Gasteiger partial charge in [0, 0.05) is 36.1 Å². The second kappa shape index (κ2) is 7.78. The largest absolute Gasteiger partial charge is 0.444 e. The Kier molecular flexibility index (Phi) is 5.40. The average Bonchev–Trinajstić information content (AvgIpc) is 3.11. The lowest BCUT2D eigenvalue weighted by Gasteiger charge is -2.44. The molecule has 144 valence electrons. The molecule has 2 N–H and O–H groups in total. The Labute approximate surface area is 167 Å². The van der Waals surface area contributed by atoms with Crippen LogP contribution in [0.5, 0.6) is 0 Å². The molecule has 0 aromatic carbocycles. The number of nitrogens with zero attached hydrogens (tertiary/aromatic N) is 3. The molecule has 1 saturated heterocycles. The number of hydrogen-bond acceptors (Lipinski definition) is 6. The minimum absolute atomic E-state index is 0.169. The number of pyridine rings is 1. The topological polar surface area (TPSA) is 85.3 Å². The van der Waals surface area contributed by atoms with Crippen LogP contribution >= 0.6 is 15.9 Å². The number of halogens is 1. The standard InChI is InChI=1S/C20H25BrN4O2/c1-12-2-7-15(26)11-25(12)14-5-3-13(4-6-14)24-20-19(21)17-8-16(9-22)27-18(17)10-23-20/h8,10,12-15,26H,2-7,11H2,1H3,(H,23,24). The Hall–Kier alpha value is -1.62. The van der Waals surface area contributed by atoms with Gasteiger partial charge in [-0.05, 0) is 61.4 Å². The lowest BCUT2D eigenvalue weighted by atomic mass is 9.87. The highest BCUT2D eigenvalue weighted by molar-refractivity contribution is 9.10. The molecule has 2 aromatic heterocycles. The minimum atomic E-state index is -0.169. The molecule has 27 heavy (non-hydrogen) atoms. The van der Waals surface area contributed by atoms with Crippen molar-refractivity contribution in [3.8, 4) is 6.07 Å². The van der Waals surface area contributed by atoms with E-state index in [1.54, 1.807) is 12.3 Å². The van der Waals surface area contributed by atoms with E-state index in [0.29, 0.717) is 29.5 Å². The molecule has 1 aliphatic carbocycles. The summed E-state index contributed by atoms with van der Waals surface area (Å²) in [5.41, 5.74) is 0.616. The maximum absolute atomic E-state index is 10.0. The van der Waals surface area contributed by atoms with Gasteiger partial charge >= 0.3 is 0 Å². The first-order chi connectivity index (χ1) is 13.0. The molecule has 3 heterocycles. The lowest BCUT2D eigenvalue weighted by molar-refractivity contribution is 0.00411. The highest BCUT2D eigenvalue weighted by atomic mass is 79.9. The van der Waals surface area contributed by atoms with Gasteiger partial charge in [0.05, 0.1) is 16.8 Å². The van der Waals surface area contributed by atoms with Crippen molar-refractivity contribution in [2.45, 2.75) is 69.7 Å². The van der Waals surface area contributed by atoms with Crippen molar-refractivity contribution in [1.82, 2.24) is 9.88 Å². The van der Waals surface area contributed by atoms with Gasteiger partial charge in [-0.2, -0.15) is 5.26 Å². The van der Waals surface area contributed by atoms with Crippen LogP contribution in [0.2, 0.25) is 0 Å². The molecular formula is C20H25BrN4O2. The summed E-state index contributed by atoms with van der Waals surface area (Å²) in [4.78, 5) is 6.99. The first-order valence-electron chi connectivity index (χ1n) is 9.73. The summed E-state index contributed by atoms with van der Waals surface area (Å²) in [5.74, 6) is 1.10. The number of aliphatic hydroxyl groups is 1. The van der Waals surface area contributed by atoms with Crippen LogP contribution in [-0.4, -0.2) is 45.8 Å². The van der Waals surface area contributed by atoms with E-state index in [-0.39, 0.29) is 6.10 Å². The molecule has 2 fully saturated rings. The summed E-state index contributed by atoms with van der Waals surface area (Å²) in [6.45, 7) is 3.10. The zero-order valence-electron chi connectivity index (χ0n) is 15.5. The predicted octanol–water partition coefficient (Wildman–Crippen LogP) is 4.03. The zero-order chi connectivity index (χ0) is 19.0. The van der Waals surface area contributed by atoms with Crippen molar-refractivity contribution in [2.75, 3.05) is 11.9 Å². The Morgan fingerprint density at radius 2 is 2.07 bits per heavy atom. The predicted molar refractivity (Wildman–Crippen MR) is 107 cm³/mol. The van der Waals surface area contributed by atoms with E-state index in [0.717, 1.165) is 60.7 Å². The van der Waals surface area contributed by atoms with Gasteiger partial charge in [0.15, 0.2) is 5.58 Å². The number of nitriles is 1. The molecule has 2 aromatic rings. The third kappa shape index (κ3) is 3.84. The van der Waals surface area contributed by atoms with E-state index in [1.165, 1.54) is 0 Å². The molecule has 0 amide bonds. The summed E-state index contributed by atoms with van der Waals surface area (Å²) in [7, 11) is 0. The zero-order valence-corrected chi connectivity index (χ0v) is 17.1.